The minimum absolute atomic E-state index is 0.114. The molecule has 0 bridgehead atoms. The number of carbonyl (C=O) groups excluding carboxylic acids is 2. The second kappa shape index (κ2) is 5.41. The lowest BCUT2D eigenvalue weighted by Crippen LogP contribution is -2.15. The highest BCUT2D eigenvalue weighted by Crippen LogP contribution is 2.42. The Labute approximate surface area is 116 Å². The highest BCUT2D eigenvalue weighted by Gasteiger charge is 2.42. The van der Waals surface area contributed by atoms with E-state index in [-0.39, 0.29) is 28.5 Å². The van der Waals surface area contributed by atoms with Gasteiger partial charge in [0.25, 0.3) is 0 Å². The largest absolute Gasteiger partial charge is 0.324 e. The zero-order valence-electron chi connectivity index (χ0n) is 10.4. The van der Waals surface area contributed by atoms with Crippen LogP contribution in [0, 0.1) is 23.2 Å². The number of amides is 1. The summed E-state index contributed by atoms with van der Waals surface area (Å²) in [5.41, 5.74) is 0.839. The quantitative estimate of drug-likeness (QED) is 0.859. The lowest BCUT2D eigenvalue weighted by molar-refractivity contribution is -0.117. The molecule has 1 aromatic carbocycles. The molecule has 0 radical (unpaired) electrons. The van der Waals surface area contributed by atoms with E-state index in [1.807, 2.05) is 0 Å². The molecule has 98 valence electrons. The number of nitriles is 1. The van der Waals surface area contributed by atoms with E-state index in [9.17, 15) is 9.59 Å². The maximum atomic E-state index is 11.9. The van der Waals surface area contributed by atoms with E-state index in [0.29, 0.717) is 17.7 Å². The Morgan fingerprint density at radius 2 is 2.26 bits per heavy atom. The van der Waals surface area contributed by atoms with Gasteiger partial charge in [-0.2, -0.15) is 5.26 Å². The van der Waals surface area contributed by atoms with Gasteiger partial charge in [0.1, 0.15) is 0 Å². The Bertz CT molecular complexity index is 577. The lowest BCUT2D eigenvalue weighted by atomic mass is 10.1. The molecule has 1 unspecified atom stereocenters. The second-order valence-corrected chi connectivity index (χ2v) is 5.06. The molecular weight excluding hydrogens is 264 g/mol. The third-order valence-corrected chi connectivity index (χ3v) is 3.66. The summed E-state index contributed by atoms with van der Waals surface area (Å²) in [5.74, 6) is -0.241. The molecule has 4 nitrogen and oxygen atoms in total. The smallest absolute Gasteiger partial charge is 0.227 e. The molecular formula is C14H13ClN2O2. The number of nitrogens with one attached hydrogen (secondary N) is 1. The third kappa shape index (κ3) is 2.94. The van der Waals surface area contributed by atoms with Gasteiger partial charge in [0.2, 0.25) is 5.91 Å². The summed E-state index contributed by atoms with van der Waals surface area (Å²) in [7, 11) is 0. The van der Waals surface area contributed by atoms with Crippen molar-refractivity contribution in [2.24, 2.45) is 11.8 Å². The second-order valence-electron chi connectivity index (χ2n) is 4.68. The normalized spacial score (nSPS) is 20.5. The van der Waals surface area contributed by atoms with Crippen LogP contribution in [0.2, 0.25) is 5.02 Å². The molecule has 1 aromatic rings. The molecule has 1 amide bonds. The van der Waals surface area contributed by atoms with Crippen LogP contribution in [0.1, 0.15) is 30.1 Å². The summed E-state index contributed by atoms with van der Waals surface area (Å²) >= 11 is 6.08. The first kappa shape index (κ1) is 13.6. The fourth-order valence-corrected chi connectivity index (χ4v) is 2.34. The molecule has 0 spiro atoms. The summed E-state index contributed by atoms with van der Waals surface area (Å²) in [6.45, 7) is 1.43. The first-order valence-corrected chi connectivity index (χ1v) is 6.39. The van der Waals surface area contributed by atoms with E-state index in [1.54, 1.807) is 18.2 Å². The van der Waals surface area contributed by atoms with Gasteiger partial charge in [0.05, 0.1) is 16.8 Å². The van der Waals surface area contributed by atoms with Crippen LogP contribution in [0.15, 0.2) is 18.2 Å². The maximum absolute atomic E-state index is 11.9. The van der Waals surface area contributed by atoms with Crippen LogP contribution in [0.3, 0.4) is 0 Å². The third-order valence-electron chi connectivity index (χ3n) is 3.25. The van der Waals surface area contributed by atoms with Crippen molar-refractivity contribution in [2.45, 2.75) is 19.8 Å². The van der Waals surface area contributed by atoms with E-state index in [1.165, 1.54) is 6.92 Å². The molecule has 0 heterocycles. The molecule has 1 saturated carbocycles. The molecule has 1 aliphatic rings. The van der Waals surface area contributed by atoms with Crippen molar-refractivity contribution in [2.75, 3.05) is 5.32 Å². The van der Waals surface area contributed by atoms with E-state index >= 15 is 0 Å². The number of hydrogen-bond donors (Lipinski definition) is 1. The molecule has 1 aliphatic carbocycles. The van der Waals surface area contributed by atoms with Crippen LogP contribution >= 0.6 is 11.6 Å². The lowest BCUT2D eigenvalue weighted by Gasteiger charge is -2.09. The van der Waals surface area contributed by atoms with Crippen molar-refractivity contribution >= 4 is 29.0 Å². The number of anilines is 1. The van der Waals surface area contributed by atoms with Gasteiger partial charge in [0.15, 0.2) is 5.78 Å². The first-order chi connectivity index (χ1) is 9.04. The molecule has 2 atom stereocenters. The minimum atomic E-state index is -0.144. The van der Waals surface area contributed by atoms with Crippen molar-refractivity contribution < 1.29 is 9.59 Å². The zero-order chi connectivity index (χ0) is 14.0. The van der Waals surface area contributed by atoms with E-state index in [2.05, 4.69) is 11.4 Å². The molecule has 2 rings (SSSR count). The van der Waals surface area contributed by atoms with Crippen LogP contribution in [0.4, 0.5) is 5.69 Å². The van der Waals surface area contributed by atoms with Gasteiger partial charge in [-0.1, -0.05) is 17.7 Å². The number of rotatable bonds is 4. The van der Waals surface area contributed by atoms with Gasteiger partial charge in [-0.15, -0.1) is 0 Å². The monoisotopic (exact) mass is 276 g/mol. The predicted octanol–water partition coefficient (Wildman–Crippen LogP) is 3.03. The first-order valence-electron chi connectivity index (χ1n) is 6.02. The van der Waals surface area contributed by atoms with Gasteiger partial charge in [-0.05, 0) is 31.4 Å². The molecule has 19 heavy (non-hydrogen) atoms. The highest BCUT2D eigenvalue weighted by molar-refractivity contribution is 6.36. The fraction of sp³-hybridized carbons (Fsp3) is 0.357. The summed E-state index contributed by atoms with van der Waals surface area (Å²) < 4.78 is 0. The molecule has 0 aliphatic heterocycles. The van der Waals surface area contributed by atoms with Gasteiger partial charge in [-0.3, -0.25) is 9.59 Å². The number of halogens is 1. The van der Waals surface area contributed by atoms with Crippen molar-refractivity contribution in [1.29, 1.82) is 5.26 Å². The molecule has 1 fully saturated rings. The minimum Gasteiger partial charge on any atom is -0.324 e. The zero-order valence-corrected chi connectivity index (χ0v) is 11.2. The molecule has 0 saturated heterocycles. The Morgan fingerprint density at radius 1 is 1.53 bits per heavy atom. The number of ketones is 1. The van der Waals surface area contributed by atoms with Crippen LogP contribution in [0.5, 0.6) is 0 Å². The van der Waals surface area contributed by atoms with Crippen molar-refractivity contribution in [1.82, 2.24) is 0 Å². The molecule has 5 heteroatoms. The maximum Gasteiger partial charge on any atom is 0.227 e. The van der Waals surface area contributed by atoms with E-state index < -0.39 is 0 Å². The Balaban J connectivity index is 2.08. The van der Waals surface area contributed by atoms with Crippen LogP contribution in [-0.2, 0) is 4.79 Å². The van der Waals surface area contributed by atoms with Crippen LogP contribution in [0.25, 0.3) is 0 Å². The Hall–Kier alpha value is -1.86. The Morgan fingerprint density at radius 3 is 2.89 bits per heavy atom. The number of carbonyl (C=O) groups is 2. The molecule has 0 aromatic heterocycles. The van der Waals surface area contributed by atoms with Gasteiger partial charge >= 0.3 is 0 Å². The number of nitrogens with zero attached hydrogens (tertiary/aromatic N) is 1. The van der Waals surface area contributed by atoms with Crippen LogP contribution in [-0.4, -0.2) is 11.7 Å². The summed E-state index contributed by atoms with van der Waals surface area (Å²) in [4.78, 5) is 23.3. The number of hydrogen-bond acceptors (Lipinski definition) is 3. The van der Waals surface area contributed by atoms with Gasteiger partial charge in [-0.25, -0.2) is 0 Å². The van der Waals surface area contributed by atoms with E-state index in [0.717, 1.165) is 6.42 Å². The van der Waals surface area contributed by atoms with Crippen LogP contribution < -0.4 is 5.32 Å². The standard InChI is InChI=1S/C14H13ClN2O2/c1-8(18)10-3-2-4-12(13(10)15)17-14(19)11-7-9(11)5-6-16/h2-4,9,11H,5,7H2,1H3,(H,17,19)/t9?,11-/m0/s1. The fourth-order valence-electron chi connectivity index (χ4n) is 2.04. The van der Waals surface area contributed by atoms with Gasteiger partial charge < -0.3 is 5.32 Å². The highest BCUT2D eigenvalue weighted by atomic mass is 35.5. The van der Waals surface area contributed by atoms with E-state index in [4.69, 9.17) is 16.9 Å². The predicted molar refractivity (Wildman–Crippen MR) is 71.9 cm³/mol. The Kier molecular flexibility index (Phi) is 3.87. The van der Waals surface area contributed by atoms with Crippen molar-refractivity contribution in [3.05, 3.63) is 28.8 Å². The average molecular weight is 277 g/mol. The van der Waals surface area contributed by atoms with Gasteiger partial charge in [0, 0.05) is 17.9 Å². The summed E-state index contributed by atoms with van der Waals surface area (Å²) in [5, 5.41) is 11.6. The average Bonchev–Trinajstić information content (AvgIpc) is 3.11. The van der Waals surface area contributed by atoms with Crippen molar-refractivity contribution in [3.8, 4) is 6.07 Å². The summed E-state index contributed by atoms with van der Waals surface area (Å²) in [6.07, 6.45) is 1.14. The molecule has 1 N–H and O–H groups in total. The number of Topliss-reactive ketones (excluding diaryl/α,β-unsaturated/α-hetero) is 1. The SMILES string of the molecule is CC(=O)c1cccc(NC(=O)[C@H]2CC2CC#N)c1Cl. The van der Waals surface area contributed by atoms with Crippen molar-refractivity contribution in [3.63, 3.8) is 0 Å². The summed E-state index contributed by atoms with van der Waals surface area (Å²) in [6, 6.07) is 7.02. The number of benzene rings is 1. The topological polar surface area (TPSA) is 70.0 Å².